The van der Waals surface area contributed by atoms with E-state index in [1.165, 1.54) is 38.9 Å². The molecule has 21 heavy (non-hydrogen) atoms. The van der Waals surface area contributed by atoms with Crippen molar-refractivity contribution in [2.24, 2.45) is 0 Å². The molecule has 1 aliphatic carbocycles. The van der Waals surface area contributed by atoms with Gasteiger partial charge in [-0.15, -0.1) is 0 Å². The molecule has 0 atom stereocenters. The Morgan fingerprint density at radius 3 is 2.38 bits per heavy atom. The highest BCUT2D eigenvalue weighted by Gasteiger charge is 2.20. The van der Waals surface area contributed by atoms with E-state index in [1.54, 1.807) is 0 Å². The minimum absolute atomic E-state index is 1.01. The van der Waals surface area contributed by atoms with E-state index in [9.17, 15) is 0 Å². The summed E-state index contributed by atoms with van der Waals surface area (Å²) in [6, 6.07) is 24.3. The lowest BCUT2D eigenvalue weighted by molar-refractivity contribution is 1.15. The quantitative estimate of drug-likeness (QED) is 0.472. The summed E-state index contributed by atoms with van der Waals surface area (Å²) in [6.45, 7) is 2.25. The van der Waals surface area contributed by atoms with Crippen molar-refractivity contribution in [1.29, 1.82) is 0 Å². The Balaban J connectivity index is 1.78. The third kappa shape index (κ3) is 2.17. The van der Waals surface area contributed by atoms with Gasteiger partial charge in [-0.1, -0.05) is 66.7 Å². The summed E-state index contributed by atoms with van der Waals surface area (Å²) in [6.07, 6.45) is 2.10. The van der Waals surface area contributed by atoms with Crippen molar-refractivity contribution in [1.82, 2.24) is 0 Å². The lowest BCUT2D eigenvalue weighted by atomic mass is 9.95. The lowest BCUT2D eigenvalue weighted by Gasteiger charge is -2.09. The van der Waals surface area contributed by atoms with Crippen molar-refractivity contribution in [3.8, 4) is 11.1 Å². The van der Waals surface area contributed by atoms with Gasteiger partial charge in [0.25, 0.3) is 0 Å². The average molecular weight is 270 g/mol. The molecule has 0 unspecified atom stereocenters. The zero-order valence-electron chi connectivity index (χ0n) is 12.3. The fourth-order valence-electron chi connectivity index (χ4n) is 3.43. The number of rotatable bonds is 2. The highest BCUT2D eigenvalue weighted by Crippen LogP contribution is 2.39. The van der Waals surface area contributed by atoms with E-state index in [1.807, 2.05) is 0 Å². The maximum Gasteiger partial charge on any atom is -0.00108 e. The monoisotopic (exact) mass is 270 g/mol. The lowest BCUT2D eigenvalue weighted by Crippen LogP contribution is -1.93. The van der Waals surface area contributed by atoms with Gasteiger partial charge in [0.05, 0.1) is 0 Å². The van der Waals surface area contributed by atoms with Crippen molar-refractivity contribution in [3.63, 3.8) is 0 Å². The number of hydrogen-bond acceptors (Lipinski definition) is 0. The summed E-state index contributed by atoms with van der Waals surface area (Å²) in [5, 5.41) is 0. The van der Waals surface area contributed by atoms with Crippen LogP contribution in [-0.2, 0) is 12.8 Å². The molecule has 0 heteroatoms. The molecule has 0 fully saturated rings. The summed E-state index contributed by atoms with van der Waals surface area (Å²) in [5.41, 5.74) is 10.1. The second kappa shape index (κ2) is 4.89. The summed E-state index contributed by atoms with van der Waals surface area (Å²) in [4.78, 5) is 0. The summed E-state index contributed by atoms with van der Waals surface area (Å²) >= 11 is 0. The minimum Gasteiger partial charge on any atom is -0.0622 e. The van der Waals surface area contributed by atoms with Gasteiger partial charge >= 0.3 is 0 Å². The molecule has 102 valence electrons. The van der Waals surface area contributed by atoms with Gasteiger partial charge < -0.3 is 0 Å². The predicted molar refractivity (Wildman–Crippen MR) is 88.7 cm³/mol. The van der Waals surface area contributed by atoms with E-state index in [2.05, 4.69) is 73.7 Å². The molecule has 0 bridgehead atoms. The highest BCUT2D eigenvalue weighted by molar-refractivity contribution is 5.78. The van der Waals surface area contributed by atoms with Crippen LogP contribution in [0.25, 0.3) is 11.1 Å². The highest BCUT2D eigenvalue weighted by atomic mass is 14.2. The van der Waals surface area contributed by atoms with E-state index in [0.29, 0.717) is 0 Å². The number of aryl methyl sites for hydroxylation is 1. The molecule has 3 aromatic carbocycles. The van der Waals surface area contributed by atoms with Gasteiger partial charge in [0.2, 0.25) is 0 Å². The Morgan fingerprint density at radius 2 is 1.52 bits per heavy atom. The molecular formula is C21H18. The zero-order chi connectivity index (χ0) is 14.2. The molecule has 0 heterocycles. The van der Waals surface area contributed by atoms with Crippen LogP contribution in [0.5, 0.6) is 0 Å². The Hall–Kier alpha value is -2.34. The molecule has 0 N–H and O–H groups in total. The molecule has 0 aromatic heterocycles. The third-order valence-electron chi connectivity index (χ3n) is 4.46. The zero-order valence-corrected chi connectivity index (χ0v) is 12.3. The van der Waals surface area contributed by atoms with Gasteiger partial charge in [0, 0.05) is 0 Å². The molecule has 0 amide bonds. The Kier molecular flexibility index (Phi) is 2.89. The van der Waals surface area contributed by atoms with E-state index in [-0.39, 0.29) is 0 Å². The van der Waals surface area contributed by atoms with Crippen LogP contribution in [0.3, 0.4) is 0 Å². The standard InChI is InChI=1S/C21H18/c1-15-11-17(12-16-7-3-2-4-8-16)13-21-19-10-6-5-9-18(19)14-20(15)21/h2-11,13H,12,14H2,1H3. The molecule has 0 radical (unpaired) electrons. The van der Waals surface area contributed by atoms with E-state index in [4.69, 9.17) is 0 Å². The van der Waals surface area contributed by atoms with Gasteiger partial charge in [0.1, 0.15) is 0 Å². The van der Waals surface area contributed by atoms with Crippen LogP contribution in [0.4, 0.5) is 0 Å². The summed E-state index contributed by atoms with van der Waals surface area (Å²) in [7, 11) is 0. The van der Waals surface area contributed by atoms with Crippen molar-refractivity contribution in [2.45, 2.75) is 19.8 Å². The smallest absolute Gasteiger partial charge is 0.00108 e. The van der Waals surface area contributed by atoms with Crippen LogP contribution in [0.1, 0.15) is 27.8 Å². The van der Waals surface area contributed by atoms with Gasteiger partial charge in [-0.3, -0.25) is 0 Å². The molecule has 4 rings (SSSR count). The second-order valence-corrected chi connectivity index (χ2v) is 5.94. The van der Waals surface area contributed by atoms with Crippen molar-refractivity contribution in [3.05, 3.63) is 94.5 Å². The van der Waals surface area contributed by atoms with Crippen LogP contribution in [0.2, 0.25) is 0 Å². The average Bonchev–Trinajstić information content (AvgIpc) is 2.88. The fourth-order valence-corrected chi connectivity index (χ4v) is 3.43. The minimum atomic E-state index is 1.01. The first-order valence-corrected chi connectivity index (χ1v) is 7.56. The van der Waals surface area contributed by atoms with Crippen molar-refractivity contribution >= 4 is 0 Å². The fraction of sp³-hybridized carbons (Fsp3) is 0.143. The van der Waals surface area contributed by atoms with Crippen molar-refractivity contribution < 1.29 is 0 Å². The van der Waals surface area contributed by atoms with Gasteiger partial charge in [-0.25, -0.2) is 0 Å². The molecule has 3 aromatic rings. The SMILES string of the molecule is Cc1cc(Cc2ccccc2)cc2c1Cc1ccccc1-2. The van der Waals surface area contributed by atoms with Crippen LogP contribution in [0.15, 0.2) is 66.7 Å². The maximum atomic E-state index is 2.39. The summed E-state index contributed by atoms with van der Waals surface area (Å²) in [5.74, 6) is 0. The topological polar surface area (TPSA) is 0 Å². The molecular weight excluding hydrogens is 252 g/mol. The Bertz CT molecular complexity index is 798. The molecule has 0 saturated heterocycles. The maximum absolute atomic E-state index is 2.39. The Labute approximate surface area is 126 Å². The molecule has 0 aliphatic heterocycles. The number of fused-ring (bicyclic) bond motifs is 3. The third-order valence-corrected chi connectivity index (χ3v) is 4.46. The molecule has 0 nitrogen and oxygen atoms in total. The van der Waals surface area contributed by atoms with Gasteiger partial charge in [-0.2, -0.15) is 0 Å². The Morgan fingerprint density at radius 1 is 0.762 bits per heavy atom. The van der Waals surface area contributed by atoms with E-state index in [0.717, 1.165) is 12.8 Å². The first kappa shape index (κ1) is 12.4. The number of hydrogen-bond donors (Lipinski definition) is 0. The molecule has 0 saturated carbocycles. The van der Waals surface area contributed by atoms with Crippen LogP contribution >= 0.6 is 0 Å². The first-order valence-electron chi connectivity index (χ1n) is 7.56. The normalized spacial score (nSPS) is 12.0. The number of benzene rings is 3. The van der Waals surface area contributed by atoms with Gasteiger partial charge in [0.15, 0.2) is 0 Å². The van der Waals surface area contributed by atoms with E-state index >= 15 is 0 Å². The first-order chi connectivity index (χ1) is 10.3. The largest absolute Gasteiger partial charge is 0.0622 e. The van der Waals surface area contributed by atoms with Gasteiger partial charge in [-0.05, 0) is 58.7 Å². The van der Waals surface area contributed by atoms with E-state index < -0.39 is 0 Å². The van der Waals surface area contributed by atoms with Crippen LogP contribution in [0, 0.1) is 6.92 Å². The second-order valence-electron chi connectivity index (χ2n) is 5.94. The van der Waals surface area contributed by atoms with Crippen LogP contribution in [-0.4, -0.2) is 0 Å². The van der Waals surface area contributed by atoms with Crippen molar-refractivity contribution in [2.75, 3.05) is 0 Å². The molecule has 0 spiro atoms. The predicted octanol–water partition coefficient (Wildman–Crippen LogP) is 5.16. The summed E-state index contributed by atoms with van der Waals surface area (Å²) < 4.78 is 0. The van der Waals surface area contributed by atoms with Crippen LogP contribution < -0.4 is 0 Å². The molecule has 1 aliphatic rings.